The number of methoxy groups -OCH3 is 2. The Balaban J connectivity index is 2.93. The van der Waals surface area contributed by atoms with Gasteiger partial charge in [0.15, 0.2) is 6.10 Å². The first-order valence-corrected chi connectivity index (χ1v) is 11.0. The topological polar surface area (TPSA) is 135 Å². The van der Waals surface area contributed by atoms with E-state index in [2.05, 4.69) is 16.0 Å². The van der Waals surface area contributed by atoms with Gasteiger partial charge in [0, 0.05) is 20.8 Å². The lowest BCUT2D eigenvalue weighted by Gasteiger charge is -2.27. The number of aliphatic hydroxyl groups is 1. The van der Waals surface area contributed by atoms with Crippen LogP contribution in [0.3, 0.4) is 0 Å². The summed E-state index contributed by atoms with van der Waals surface area (Å²) in [4.78, 5) is 37.6. The van der Waals surface area contributed by atoms with Gasteiger partial charge in [0.05, 0.1) is 19.3 Å². The van der Waals surface area contributed by atoms with Crippen molar-refractivity contribution >= 4 is 17.9 Å². The van der Waals surface area contributed by atoms with Crippen molar-refractivity contribution in [2.45, 2.75) is 44.9 Å². The van der Waals surface area contributed by atoms with Crippen LogP contribution in [0.2, 0.25) is 0 Å². The molecule has 1 unspecified atom stereocenters. The van der Waals surface area contributed by atoms with Gasteiger partial charge in [-0.05, 0) is 24.3 Å². The maximum atomic E-state index is 13.1. The van der Waals surface area contributed by atoms with E-state index in [1.54, 1.807) is 0 Å². The molecule has 0 saturated carbocycles. The zero-order valence-corrected chi connectivity index (χ0v) is 19.8. The van der Waals surface area contributed by atoms with Crippen molar-refractivity contribution in [1.29, 1.82) is 0 Å². The zero-order chi connectivity index (χ0) is 24.6. The monoisotopic (exact) mass is 467 g/mol. The van der Waals surface area contributed by atoms with Crippen molar-refractivity contribution < 1.29 is 33.7 Å². The van der Waals surface area contributed by atoms with Crippen LogP contribution in [0.5, 0.6) is 0 Å². The number of carbonyl (C=O) groups is 3. The molecule has 0 heterocycles. The van der Waals surface area contributed by atoms with E-state index in [0.29, 0.717) is 13.0 Å². The second-order valence-corrected chi connectivity index (χ2v) is 7.99. The third kappa shape index (κ3) is 11.7. The van der Waals surface area contributed by atoms with Gasteiger partial charge in [-0.25, -0.2) is 4.79 Å². The Morgan fingerprint density at radius 1 is 0.939 bits per heavy atom. The van der Waals surface area contributed by atoms with Crippen molar-refractivity contribution in [3.63, 3.8) is 0 Å². The minimum absolute atomic E-state index is 0.0509. The van der Waals surface area contributed by atoms with Gasteiger partial charge in [-0.3, -0.25) is 9.59 Å². The minimum atomic E-state index is -1.50. The molecule has 0 aliphatic rings. The lowest BCUT2D eigenvalue weighted by atomic mass is 9.98. The molecule has 0 aliphatic heterocycles. The standard InChI is InChI=1S/C23H37N3O7/c1-16(2)14-19(26-23(30)33-13-12-32-4)21(28)25-18(15-17-8-6-5-7-9-17)20(27)22(29)24-10-11-31-3/h5-9,16,18-20,27H,10-15H2,1-4H3,(H,24,29)(H,25,28)(H,26,30)/t18-,19-,20?/m0/s1. The molecular formula is C23H37N3O7. The maximum absolute atomic E-state index is 13.1. The fraction of sp³-hybridized carbons (Fsp3) is 0.609. The smallest absolute Gasteiger partial charge is 0.407 e. The number of aliphatic hydroxyl groups excluding tert-OH is 1. The summed E-state index contributed by atoms with van der Waals surface area (Å²) in [6.45, 7) is 4.63. The van der Waals surface area contributed by atoms with E-state index in [0.717, 1.165) is 5.56 Å². The second-order valence-electron chi connectivity index (χ2n) is 7.99. The summed E-state index contributed by atoms with van der Waals surface area (Å²) in [7, 11) is 2.99. The van der Waals surface area contributed by atoms with E-state index < -0.39 is 36.1 Å². The van der Waals surface area contributed by atoms with Gasteiger partial charge in [-0.2, -0.15) is 0 Å². The van der Waals surface area contributed by atoms with Crippen LogP contribution in [0, 0.1) is 5.92 Å². The molecule has 1 aromatic rings. The molecule has 1 rings (SSSR count). The van der Waals surface area contributed by atoms with Crippen LogP contribution in [0.15, 0.2) is 30.3 Å². The number of hydrogen-bond donors (Lipinski definition) is 4. The fourth-order valence-electron chi connectivity index (χ4n) is 3.06. The molecule has 0 bridgehead atoms. The van der Waals surface area contributed by atoms with Crippen LogP contribution < -0.4 is 16.0 Å². The molecule has 3 amide bonds. The van der Waals surface area contributed by atoms with Gasteiger partial charge in [-0.15, -0.1) is 0 Å². The number of nitrogens with one attached hydrogen (secondary N) is 3. The third-order valence-electron chi connectivity index (χ3n) is 4.72. The highest BCUT2D eigenvalue weighted by molar-refractivity contribution is 5.87. The molecule has 0 spiro atoms. The van der Waals surface area contributed by atoms with Crippen molar-refractivity contribution in [3.8, 4) is 0 Å². The van der Waals surface area contributed by atoms with Crippen molar-refractivity contribution in [1.82, 2.24) is 16.0 Å². The van der Waals surface area contributed by atoms with Crippen molar-refractivity contribution in [2.24, 2.45) is 5.92 Å². The van der Waals surface area contributed by atoms with Crippen molar-refractivity contribution in [3.05, 3.63) is 35.9 Å². The van der Waals surface area contributed by atoms with E-state index in [4.69, 9.17) is 14.2 Å². The van der Waals surface area contributed by atoms with Gasteiger partial charge in [0.2, 0.25) is 5.91 Å². The Morgan fingerprint density at radius 3 is 2.21 bits per heavy atom. The van der Waals surface area contributed by atoms with Crippen LogP contribution in [-0.2, 0) is 30.2 Å². The fourth-order valence-corrected chi connectivity index (χ4v) is 3.06. The highest BCUT2D eigenvalue weighted by Gasteiger charge is 2.31. The number of rotatable bonds is 15. The summed E-state index contributed by atoms with van der Waals surface area (Å²) in [6.07, 6.45) is -1.68. The molecule has 33 heavy (non-hydrogen) atoms. The molecule has 0 aliphatic carbocycles. The molecule has 10 heteroatoms. The molecule has 0 saturated heterocycles. The van der Waals surface area contributed by atoms with Gasteiger partial charge < -0.3 is 35.3 Å². The lowest BCUT2D eigenvalue weighted by molar-refractivity contribution is -0.132. The Kier molecular flexibility index (Phi) is 13.7. The van der Waals surface area contributed by atoms with Gasteiger partial charge in [0.1, 0.15) is 12.6 Å². The number of ether oxygens (including phenoxy) is 3. The normalized spacial score (nSPS) is 13.6. The quantitative estimate of drug-likeness (QED) is 0.278. The summed E-state index contributed by atoms with van der Waals surface area (Å²) in [5, 5.41) is 18.6. The molecule has 0 radical (unpaired) electrons. The van der Waals surface area contributed by atoms with Crippen LogP contribution in [0.25, 0.3) is 0 Å². The molecule has 4 N–H and O–H groups in total. The van der Waals surface area contributed by atoms with Crippen LogP contribution in [0.4, 0.5) is 4.79 Å². The second kappa shape index (κ2) is 16.0. The Bertz CT molecular complexity index is 715. The van der Waals surface area contributed by atoms with Crippen molar-refractivity contribution in [2.75, 3.05) is 40.6 Å². The molecular weight excluding hydrogens is 430 g/mol. The molecule has 0 aromatic heterocycles. The number of carbonyl (C=O) groups excluding carboxylic acids is 3. The average molecular weight is 468 g/mol. The Morgan fingerprint density at radius 2 is 1.61 bits per heavy atom. The predicted octanol–water partition coefficient (Wildman–Crippen LogP) is 0.625. The first kappa shape index (κ1) is 28.3. The predicted molar refractivity (Wildman–Crippen MR) is 123 cm³/mol. The summed E-state index contributed by atoms with van der Waals surface area (Å²) in [5.74, 6) is -1.05. The lowest BCUT2D eigenvalue weighted by Crippen LogP contribution is -2.56. The molecule has 10 nitrogen and oxygen atoms in total. The van der Waals surface area contributed by atoms with E-state index in [1.165, 1.54) is 14.2 Å². The Labute approximate surface area is 195 Å². The summed E-state index contributed by atoms with van der Waals surface area (Å²) >= 11 is 0. The summed E-state index contributed by atoms with van der Waals surface area (Å²) < 4.78 is 14.8. The van der Waals surface area contributed by atoms with Crippen LogP contribution in [0.1, 0.15) is 25.8 Å². The molecule has 1 aromatic carbocycles. The van der Waals surface area contributed by atoms with Crippen LogP contribution >= 0.6 is 0 Å². The Hall–Kier alpha value is -2.69. The number of hydrogen-bond acceptors (Lipinski definition) is 7. The minimum Gasteiger partial charge on any atom is -0.447 e. The van der Waals surface area contributed by atoms with Gasteiger partial charge in [-0.1, -0.05) is 44.2 Å². The first-order chi connectivity index (χ1) is 15.8. The summed E-state index contributed by atoms with van der Waals surface area (Å²) in [6, 6.07) is 7.38. The highest BCUT2D eigenvalue weighted by atomic mass is 16.6. The number of alkyl carbamates (subject to hydrolysis) is 1. The molecule has 3 atom stereocenters. The van der Waals surface area contributed by atoms with Crippen LogP contribution in [-0.4, -0.2) is 81.8 Å². The van der Waals surface area contributed by atoms with E-state index in [1.807, 2.05) is 44.2 Å². The van der Waals surface area contributed by atoms with E-state index in [9.17, 15) is 19.5 Å². The largest absolute Gasteiger partial charge is 0.447 e. The third-order valence-corrected chi connectivity index (χ3v) is 4.72. The highest BCUT2D eigenvalue weighted by Crippen LogP contribution is 2.10. The zero-order valence-electron chi connectivity index (χ0n) is 19.8. The molecule has 0 fully saturated rings. The van der Waals surface area contributed by atoms with Gasteiger partial charge in [0.25, 0.3) is 5.91 Å². The SMILES string of the molecule is COCCNC(=O)C(O)[C@H](Cc1ccccc1)NC(=O)[C@H](CC(C)C)NC(=O)OCCOC. The maximum Gasteiger partial charge on any atom is 0.407 e. The van der Waals surface area contributed by atoms with E-state index in [-0.39, 0.29) is 32.1 Å². The van der Waals surface area contributed by atoms with Gasteiger partial charge >= 0.3 is 6.09 Å². The summed E-state index contributed by atoms with van der Waals surface area (Å²) in [5.41, 5.74) is 0.832. The average Bonchev–Trinajstić information content (AvgIpc) is 2.78. The number of amides is 3. The first-order valence-electron chi connectivity index (χ1n) is 11.0. The van der Waals surface area contributed by atoms with E-state index >= 15 is 0 Å². The molecule has 186 valence electrons. The number of benzene rings is 1.